The van der Waals surface area contributed by atoms with E-state index in [9.17, 15) is 4.79 Å². The van der Waals surface area contributed by atoms with E-state index < -0.39 is 12.0 Å². The largest absolute Gasteiger partial charge is 0.480 e. The summed E-state index contributed by atoms with van der Waals surface area (Å²) in [5, 5.41) is 11.7. The quantitative estimate of drug-likeness (QED) is 0.748. The smallest absolute Gasteiger partial charge is 0.320 e. The third-order valence-corrected chi connectivity index (χ3v) is 2.07. The second-order valence-electron chi connectivity index (χ2n) is 3.33. The number of aryl methyl sites for hydroxylation is 1. The van der Waals surface area contributed by atoms with E-state index in [-0.39, 0.29) is 0 Å². The molecule has 1 unspecified atom stereocenters. The number of hydrogen-bond donors (Lipinski definition) is 2. The Labute approximate surface area is 88.6 Å². The zero-order valence-electron chi connectivity index (χ0n) is 8.90. The Kier molecular flexibility index (Phi) is 4.17. The Hall–Kier alpha value is -1.49. The summed E-state index contributed by atoms with van der Waals surface area (Å²) in [5.41, 5.74) is 1.60. The van der Waals surface area contributed by atoms with E-state index in [2.05, 4.69) is 15.3 Å². The molecule has 0 fully saturated rings. The second-order valence-corrected chi connectivity index (χ2v) is 3.33. The van der Waals surface area contributed by atoms with Crippen LogP contribution in [0.1, 0.15) is 24.7 Å². The summed E-state index contributed by atoms with van der Waals surface area (Å²) in [6, 6.07) is -0.520. The molecule has 5 heteroatoms. The van der Waals surface area contributed by atoms with Crippen LogP contribution in [0.4, 0.5) is 0 Å². The lowest BCUT2D eigenvalue weighted by molar-refractivity contribution is -0.139. The van der Waals surface area contributed by atoms with Gasteiger partial charge in [0.25, 0.3) is 0 Å². The average molecular weight is 209 g/mol. The molecule has 0 amide bonds. The van der Waals surface area contributed by atoms with Crippen molar-refractivity contribution in [3.05, 3.63) is 23.8 Å². The molecule has 2 N–H and O–H groups in total. The van der Waals surface area contributed by atoms with Crippen molar-refractivity contribution in [2.45, 2.75) is 32.9 Å². The van der Waals surface area contributed by atoms with Crippen LogP contribution < -0.4 is 5.32 Å². The van der Waals surface area contributed by atoms with Gasteiger partial charge < -0.3 is 5.11 Å². The lowest BCUT2D eigenvalue weighted by Gasteiger charge is -2.11. The molecule has 0 aliphatic heterocycles. The van der Waals surface area contributed by atoms with E-state index in [1.807, 2.05) is 13.8 Å². The number of carboxylic acid groups (broad SMARTS) is 1. The number of carboxylic acids is 1. The Morgan fingerprint density at radius 2 is 2.27 bits per heavy atom. The summed E-state index contributed by atoms with van der Waals surface area (Å²) in [7, 11) is 0. The number of rotatable bonds is 5. The van der Waals surface area contributed by atoms with Crippen LogP contribution in [-0.4, -0.2) is 27.1 Å². The molecule has 15 heavy (non-hydrogen) atoms. The first-order valence-electron chi connectivity index (χ1n) is 4.87. The van der Waals surface area contributed by atoms with Crippen LogP contribution >= 0.6 is 0 Å². The van der Waals surface area contributed by atoms with Gasteiger partial charge in [0.05, 0.1) is 11.4 Å². The first kappa shape index (κ1) is 11.6. The van der Waals surface area contributed by atoms with Gasteiger partial charge in [-0.2, -0.15) is 0 Å². The summed E-state index contributed by atoms with van der Waals surface area (Å²) >= 11 is 0. The lowest BCUT2D eigenvalue weighted by atomic mass is 10.2. The van der Waals surface area contributed by atoms with Gasteiger partial charge in [-0.25, -0.2) is 0 Å². The fourth-order valence-electron chi connectivity index (χ4n) is 1.14. The minimum Gasteiger partial charge on any atom is -0.480 e. The van der Waals surface area contributed by atoms with Crippen molar-refractivity contribution in [1.29, 1.82) is 0 Å². The molecular formula is C10H15N3O2. The zero-order valence-corrected chi connectivity index (χ0v) is 8.90. The molecule has 0 aliphatic rings. The van der Waals surface area contributed by atoms with Crippen molar-refractivity contribution in [2.75, 3.05) is 0 Å². The highest BCUT2D eigenvalue weighted by Crippen LogP contribution is 1.96. The van der Waals surface area contributed by atoms with Crippen LogP contribution in [0.5, 0.6) is 0 Å². The number of nitrogens with one attached hydrogen (secondary N) is 1. The van der Waals surface area contributed by atoms with Gasteiger partial charge in [-0.15, -0.1) is 0 Å². The highest BCUT2D eigenvalue weighted by Gasteiger charge is 2.13. The SMILES string of the molecule is CCC(NCc1cnc(C)cn1)C(=O)O. The molecular weight excluding hydrogens is 194 g/mol. The van der Waals surface area contributed by atoms with Crippen molar-refractivity contribution in [3.8, 4) is 0 Å². The van der Waals surface area contributed by atoms with Crippen LogP contribution in [-0.2, 0) is 11.3 Å². The normalized spacial score (nSPS) is 12.4. The summed E-state index contributed by atoms with van der Waals surface area (Å²) in [5.74, 6) is -0.836. The molecule has 1 aromatic rings. The average Bonchev–Trinajstić information content (AvgIpc) is 2.21. The van der Waals surface area contributed by atoms with Crippen molar-refractivity contribution >= 4 is 5.97 Å². The predicted molar refractivity (Wildman–Crippen MR) is 55.3 cm³/mol. The Bertz CT molecular complexity index is 324. The molecule has 0 aromatic carbocycles. The number of hydrogen-bond acceptors (Lipinski definition) is 4. The molecule has 0 aliphatic carbocycles. The molecule has 0 radical (unpaired) electrons. The van der Waals surface area contributed by atoms with E-state index in [0.29, 0.717) is 13.0 Å². The third kappa shape index (κ3) is 3.63. The van der Waals surface area contributed by atoms with Crippen LogP contribution in [0, 0.1) is 6.92 Å². The molecule has 1 rings (SSSR count). The van der Waals surface area contributed by atoms with Gasteiger partial charge >= 0.3 is 5.97 Å². The van der Waals surface area contributed by atoms with Gasteiger partial charge in [0.1, 0.15) is 6.04 Å². The standard InChI is InChI=1S/C10H15N3O2/c1-3-9(10(14)15)13-6-8-5-11-7(2)4-12-8/h4-5,9,13H,3,6H2,1-2H3,(H,14,15). The molecule has 0 saturated heterocycles. The number of carbonyl (C=O) groups is 1. The van der Waals surface area contributed by atoms with Crippen molar-refractivity contribution < 1.29 is 9.90 Å². The Morgan fingerprint density at radius 3 is 2.73 bits per heavy atom. The van der Waals surface area contributed by atoms with Gasteiger partial charge in [0.2, 0.25) is 0 Å². The number of nitrogens with zero attached hydrogens (tertiary/aromatic N) is 2. The molecule has 5 nitrogen and oxygen atoms in total. The first-order chi connectivity index (χ1) is 7.13. The topological polar surface area (TPSA) is 75.1 Å². The second kappa shape index (κ2) is 5.41. The summed E-state index contributed by atoms with van der Waals surface area (Å²) in [6.07, 6.45) is 3.87. The maximum Gasteiger partial charge on any atom is 0.320 e. The van der Waals surface area contributed by atoms with E-state index in [1.165, 1.54) is 0 Å². The number of aliphatic carboxylic acids is 1. The van der Waals surface area contributed by atoms with Gasteiger partial charge in [0, 0.05) is 18.9 Å². The molecule has 1 atom stereocenters. The minimum atomic E-state index is -0.836. The van der Waals surface area contributed by atoms with E-state index >= 15 is 0 Å². The lowest BCUT2D eigenvalue weighted by Crippen LogP contribution is -2.35. The van der Waals surface area contributed by atoms with Crippen molar-refractivity contribution in [3.63, 3.8) is 0 Å². The molecule has 0 bridgehead atoms. The van der Waals surface area contributed by atoms with Gasteiger partial charge in [-0.05, 0) is 13.3 Å². The van der Waals surface area contributed by atoms with Crippen LogP contribution in [0.2, 0.25) is 0 Å². The number of aromatic nitrogens is 2. The first-order valence-corrected chi connectivity index (χ1v) is 4.87. The fourth-order valence-corrected chi connectivity index (χ4v) is 1.14. The van der Waals surface area contributed by atoms with Crippen molar-refractivity contribution in [1.82, 2.24) is 15.3 Å². The monoisotopic (exact) mass is 209 g/mol. The highest BCUT2D eigenvalue weighted by atomic mass is 16.4. The summed E-state index contributed by atoms with van der Waals surface area (Å²) in [4.78, 5) is 18.9. The molecule has 1 aromatic heterocycles. The molecule has 82 valence electrons. The summed E-state index contributed by atoms with van der Waals surface area (Å²) < 4.78 is 0. The van der Waals surface area contributed by atoms with Crippen molar-refractivity contribution in [2.24, 2.45) is 0 Å². The Morgan fingerprint density at radius 1 is 1.53 bits per heavy atom. The fraction of sp³-hybridized carbons (Fsp3) is 0.500. The molecule has 1 heterocycles. The van der Waals surface area contributed by atoms with Crippen LogP contribution in [0.3, 0.4) is 0 Å². The maximum absolute atomic E-state index is 10.7. The predicted octanol–water partition coefficient (Wildman–Crippen LogP) is 0.738. The third-order valence-electron chi connectivity index (χ3n) is 2.07. The van der Waals surface area contributed by atoms with Gasteiger partial charge in [0.15, 0.2) is 0 Å². The molecule has 0 saturated carbocycles. The zero-order chi connectivity index (χ0) is 11.3. The van der Waals surface area contributed by atoms with Gasteiger partial charge in [-0.3, -0.25) is 20.1 Å². The maximum atomic E-state index is 10.7. The van der Waals surface area contributed by atoms with Gasteiger partial charge in [-0.1, -0.05) is 6.92 Å². The highest BCUT2D eigenvalue weighted by molar-refractivity contribution is 5.73. The van der Waals surface area contributed by atoms with E-state index in [4.69, 9.17) is 5.11 Å². The van der Waals surface area contributed by atoms with E-state index in [0.717, 1.165) is 11.4 Å². The Balaban J connectivity index is 2.49. The van der Waals surface area contributed by atoms with Crippen LogP contribution in [0.15, 0.2) is 12.4 Å². The summed E-state index contributed by atoms with van der Waals surface area (Å²) in [6.45, 7) is 4.11. The van der Waals surface area contributed by atoms with Crippen LogP contribution in [0.25, 0.3) is 0 Å². The molecule has 0 spiro atoms. The van der Waals surface area contributed by atoms with E-state index in [1.54, 1.807) is 12.4 Å². The minimum absolute atomic E-state index is 0.429.